The molecule has 0 saturated carbocycles. The van der Waals surface area contributed by atoms with Crippen molar-refractivity contribution in [1.29, 1.82) is 0 Å². The molecular formula is C18H21N3O5. The minimum atomic E-state index is -2.05. The average molecular weight is 359 g/mol. The van der Waals surface area contributed by atoms with Crippen LogP contribution in [0.25, 0.3) is 10.9 Å². The fourth-order valence-electron chi connectivity index (χ4n) is 2.99. The van der Waals surface area contributed by atoms with Crippen LogP contribution in [0.1, 0.15) is 42.4 Å². The number of hydrogen-bond acceptors (Lipinski definition) is 5. The highest BCUT2D eigenvalue weighted by molar-refractivity contribution is 5.98. The SMILES string of the molecule is CC(O)(CNC(=O)c1ccc2c(=O)n3c(nc2c1)CCCCC3)C(=O)O. The quantitative estimate of drug-likeness (QED) is 0.738. The molecule has 1 aliphatic rings. The van der Waals surface area contributed by atoms with Crippen molar-refractivity contribution < 1.29 is 19.8 Å². The van der Waals surface area contributed by atoms with E-state index in [0.717, 1.165) is 38.4 Å². The molecule has 26 heavy (non-hydrogen) atoms. The number of carbonyl (C=O) groups is 2. The molecule has 1 unspecified atom stereocenters. The van der Waals surface area contributed by atoms with Gasteiger partial charge < -0.3 is 15.5 Å². The van der Waals surface area contributed by atoms with Crippen LogP contribution in [-0.2, 0) is 17.8 Å². The topological polar surface area (TPSA) is 122 Å². The van der Waals surface area contributed by atoms with Crippen molar-refractivity contribution in [2.45, 2.75) is 44.8 Å². The van der Waals surface area contributed by atoms with Gasteiger partial charge in [0.25, 0.3) is 11.5 Å². The first kappa shape index (κ1) is 18.1. The van der Waals surface area contributed by atoms with Crippen LogP contribution in [0.4, 0.5) is 0 Å². The second kappa shape index (κ2) is 6.87. The summed E-state index contributed by atoms with van der Waals surface area (Å²) in [5.41, 5.74) is -1.46. The number of hydrogen-bond donors (Lipinski definition) is 3. The van der Waals surface area contributed by atoms with E-state index in [2.05, 4.69) is 10.3 Å². The largest absolute Gasteiger partial charge is 0.479 e. The molecule has 1 aromatic heterocycles. The van der Waals surface area contributed by atoms with Gasteiger partial charge in [0.2, 0.25) is 0 Å². The molecule has 8 heteroatoms. The summed E-state index contributed by atoms with van der Waals surface area (Å²) in [6, 6.07) is 4.58. The van der Waals surface area contributed by atoms with Crippen molar-refractivity contribution in [1.82, 2.24) is 14.9 Å². The molecule has 1 amide bonds. The first-order valence-corrected chi connectivity index (χ1v) is 8.57. The summed E-state index contributed by atoms with van der Waals surface area (Å²) >= 11 is 0. The van der Waals surface area contributed by atoms with Crippen LogP contribution in [0.15, 0.2) is 23.0 Å². The van der Waals surface area contributed by atoms with E-state index >= 15 is 0 Å². The Balaban J connectivity index is 1.90. The Morgan fingerprint density at radius 1 is 1.31 bits per heavy atom. The number of carboxylic acids is 1. The molecule has 0 aliphatic carbocycles. The van der Waals surface area contributed by atoms with Gasteiger partial charge in [-0.05, 0) is 38.0 Å². The highest BCUT2D eigenvalue weighted by atomic mass is 16.4. The number of aliphatic hydroxyl groups is 1. The van der Waals surface area contributed by atoms with Gasteiger partial charge in [-0.1, -0.05) is 6.42 Å². The summed E-state index contributed by atoms with van der Waals surface area (Å²) in [4.78, 5) is 40.4. The molecule has 138 valence electrons. The summed E-state index contributed by atoms with van der Waals surface area (Å²) in [5.74, 6) is -1.23. The molecule has 1 aromatic carbocycles. The van der Waals surface area contributed by atoms with Gasteiger partial charge in [-0.25, -0.2) is 9.78 Å². The molecule has 1 aliphatic heterocycles. The summed E-state index contributed by atoms with van der Waals surface area (Å²) in [6.45, 7) is 1.33. The maximum absolute atomic E-state index is 12.7. The smallest absolute Gasteiger partial charge is 0.337 e. The predicted octanol–water partition coefficient (Wildman–Crippen LogP) is 0.688. The van der Waals surface area contributed by atoms with E-state index in [1.54, 1.807) is 10.6 Å². The fraction of sp³-hybridized carbons (Fsp3) is 0.444. The minimum absolute atomic E-state index is 0.104. The zero-order valence-electron chi connectivity index (χ0n) is 14.5. The minimum Gasteiger partial charge on any atom is -0.479 e. The lowest BCUT2D eigenvalue weighted by molar-refractivity contribution is -0.155. The Kier molecular flexibility index (Phi) is 4.78. The third kappa shape index (κ3) is 3.45. The van der Waals surface area contributed by atoms with E-state index < -0.39 is 24.0 Å². The number of aryl methyl sites for hydroxylation is 1. The third-order valence-electron chi connectivity index (χ3n) is 4.63. The number of rotatable bonds is 4. The Labute approximate surface area is 149 Å². The van der Waals surface area contributed by atoms with Gasteiger partial charge in [-0.2, -0.15) is 0 Å². The normalized spacial score (nSPS) is 16.4. The Hall–Kier alpha value is -2.74. The van der Waals surface area contributed by atoms with Gasteiger partial charge in [0.15, 0.2) is 5.60 Å². The number of amides is 1. The number of carbonyl (C=O) groups excluding carboxylic acids is 1. The third-order valence-corrected chi connectivity index (χ3v) is 4.63. The molecule has 2 heterocycles. The molecule has 0 fully saturated rings. The molecule has 0 radical (unpaired) electrons. The van der Waals surface area contributed by atoms with Crippen molar-refractivity contribution in [3.05, 3.63) is 39.9 Å². The maximum Gasteiger partial charge on any atom is 0.337 e. The molecule has 2 aromatic rings. The number of benzene rings is 1. The zero-order chi connectivity index (χ0) is 18.9. The fourth-order valence-corrected chi connectivity index (χ4v) is 2.99. The number of aromatic nitrogens is 2. The molecule has 0 bridgehead atoms. The Bertz CT molecular complexity index is 932. The van der Waals surface area contributed by atoms with Crippen LogP contribution in [-0.4, -0.2) is 43.8 Å². The predicted molar refractivity (Wildman–Crippen MR) is 94.2 cm³/mol. The molecule has 3 rings (SSSR count). The Morgan fingerprint density at radius 3 is 2.81 bits per heavy atom. The Morgan fingerprint density at radius 2 is 2.08 bits per heavy atom. The van der Waals surface area contributed by atoms with E-state index in [0.29, 0.717) is 17.4 Å². The van der Waals surface area contributed by atoms with Crippen LogP contribution in [0, 0.1) is 0 Å². The van der Waals surface area contributed by atoms with Crippen molar-refractivity contribution in [3.8, 4) is 0 Å². The van der Waals surface area contributed by atoms with E-state index in [1.807, 2.05) is 0 Å². The highest BCUT2D eigenvalue weighted by Gasteiger charge is 2.30. The van der Waals surface area contributed by atoms with Crippen molar-refractivity contribution in [2.24, 2.45) is 0 Å². The molecule has 3 N–H and O–H groups in total. The van der Waals surface area contributed by atoms with E-state index in [4.69, 9.17) is 5.11 Å². The van der Waals surface area contributed by atoms with Gasteiger partial charge in [-0.15, -0.1) is 0 Å². The van der Waals surface area contributed by atoms with Crippen LogP contribution in [0.3, 0.4) is 0 Å². The summed E-state index contributed by atoms with van der Waals surface area (Å²) in [5, 5.41) is 21.4. The number of carboxylic acid groups (broad SMARTS) is 1. The van der Waals surface area contributed by atoms with Gasteiger partial charge in [0.05, 0.1) is 17.4 Å². The van der Waals surface area contributed by atoms with Crippen LogP contribution >= 0.6 is 0 Å². The second-order valence-electron chi connectivity index (χ2n) is 6.79. The zero-order valence-corrected chi connectivity index (χ0v) is 14.5. The van der Waals surface area contributed by atoms with Crippen molar-refractivity contribution in [2.75, 3.05) is 6.54 Å². The number of nitrogens with zero attached hydrogens (tertiary/aromatic N) is 2. The lowest BCUT2D eigenvalue weighted by Gasteiger charge is -2.18. The summed E-state index contributed by atoms with van der Waals surface area (Å²) in [6.07, 6.45) is 3.70. The standard InChI is InChI=1S/C18H21N3O5/c1-18(26,17(24)25)10-19-15(22)11-6-7-12-13(9-11)20-14-5-3-2-4-8-21(14)16(12)23/h6-7,9,26H,2-5,8,10H2,1H3,(H,19,22)(H,24,25). The van der Waals surface area contributed by atoms with Crippen molar-refractivity contribution in [3.63, 3.8) is 0 Å². The van der Waals surface area contributed by atoms with E-state index in [9.17, 15) is 19.5 Å². The summed E-state index contributed by atoms with van der Waals surface area (Å²) < 4.78 is 1.71. The lowest BCUT2D eigenvalue weighted by Crippen LogP contribution is -2.46. The van der Waals surface area contributed by atoms with Crippen LogP contribution < -0.4 is 10.9 Å². The van der Waals surface area contributed by atoms with Gasteiger partial charge in [-0.3, -0.25) is 14.2 Å². The summed E-state index contributed by atoms with van der Waals surface area (Å²) in [7, 11) is 0. The molecule has 0 saturated heterocycles. The lowest BCUT2D eigenvalue weighted by atomic mass is 10.1. The van der Waals surface area contributed by atoms with E-state index in [-0.39, 0.29) is 11.1 Å². The molecule has 8 nitrogen and oxygen atoms in total. The second-order valence-corrected chi connectivity index (χ2v) is 6.79. The monoisotopic (exact) mass is 359 g/mol. The maximum atomic E-state index is 12.7. The number of aliphatic carboxylic acids is 1. The van der Waals surface area contributed by atoms with E-state index in [1.165, 1.54) is 12.1 Å². The highest BCUT2D eigenvalue weighted by Crippen LogP contribution is 2.16. The average Bonchev–Trinajstić information content (AvgIpc) is 2.85. The van der Waals surface area contributed by atoms with Crippen LogP contribution in [0.2, 0.25) is 0 Å². The van der Waals surface area contributed by atoms with Gasteiger partial charge in [0.1, 0.15) is 5.82 Å². The first-order valence-electron chi connectivity index (χ1n) is 8.57. The van der Waals surface area contributed by atoms with Gasteiger partial charge >= 0.3 is 5.97 Å². The first-order chi connectivity index (χ1) is 12.3. The van der Waals surface area contributed by atoms with Crippen LogP contribution in [0.5, 0.6) is 0 Å². The van der Waals surface area contributed by atoms with Gasteiger partial charge in [0, 0.05) is 18.5 Å². The van der Waals surface area contributed by atoms with Crippen molar-refractivity contribution >= 4 is 22.8 Å². The number of fused-ring (bicyclic) bond motifs is 2. The number of nitrogens with one attached hydrogen (secondary N) is 1. The molecule has 1 atom stereocenters. The molecule has 0 spiro atoms. The molecular weight excluding hydrogens is 338 g/mol.